The number of carbonyl (C=O) groups excluding carboxylic acids is 2. The lowest BCUT2D eigenvalue weighted by molar-refractivity contribution is -0.147. The topological polar surface area (TPSA) is 73.9 Å². The minimum atomic E-state index is -0.434. The summed E-state index contributed by atoms with van der Waals surface area (Å²) in [6.07, 6.45) is 2.19. The number of rotatable bonds is 8. The van der Waals surface area contributed by atoms with E-state index in [1.165, 1.54) is 14.2 Å². The maximum atomic E-state index is 11.9. The fourth-order valence-electron chi connectivity index (χ4n) is 1.62. The third-order valence-corrected chi connectivity index (χ3v) is 3.87. The van der Waals surface area contributed by atoms with Crippen LogP contribution in [0.15, 0.2) is 18.2 Å². The number of ether oxygens (including phenoxy) is 3. The Kier molecular flexibility index (Phi) is 7.59. The number of carbonyl (C=O) groups is 2. The molecular weight excluding hydrogens is 306 g/mol. The molecule has 0 aliphatic heterocycles. The van der Waals surface area contributed by atoms with E-state index in [0.717, 1.165) is 0 Å². The first-order chi connectivity index (χ1) is 10.5. The maximum Gasteiger partial charge on any atom is 0.307 e. The van der Waals surface area contributed by atoms with Crippen molar-refractivity contribution in [3.8, 4) is 11.5 Å². The summed E-state index contributed by atoms with van der Waals surface area (Å²) >= 11 is 1.57. The molecule has 1 atom stereocenters. The van der Waals surface area contributed by atoms with E-state index in [2.05, 4.69) is 5.32 Å². The standard InChI is InChI=1S/C15H21NO5S/c1-10(22-4)7-15(18)21-9-14(17)16-12-8-11(19-2)5-6-13(12)20-3/h5-6,8,10H,7,9H2,1-4H3,(H,16,17). The highest BCUT2D eigenvalue weighted by Crippen LogP contribution is 2.28. The molecular formula is C15H21NO5S. The van der Waals surface area contributed by atoms with Gasteiger partial charge in [0.15, 0.2) is 6.61 Å². The zero-order chi connectivity index (χ0) is 16.5. The van der Waals surface area contributed by atoms with Crippen molar-refractivity contribution >= 4 is 29.3 Å². The molecule has 1 aromatic rings. The second kappa shape index (κ2) is 9.19. The van der Waals surface area contributed by atoms with Gasteiger partial charge in [0.25, 0.3) is 5.91 Å². The summed E-state index contributed by atoms with van der Waals surface area (Å²) in [5.41, 5.74) is 0.459. The van der Waals surface area contributed by atoms with Crippen molar-refractivity contribution in [1.82, 2.24) is 0 Å². The molecule has 0 aliphatic rings. The number of anilines is 1. The van der Waals surface area contributed by atoms with Gasteiger partial charge < -0.3 is 19.5 Å². The molecule has 1 aromatic carbocycles. The molecule has 0 aliphatic carbocycles. The van der Waals surface area contributed by atoms with Crippen molar-refractivity contribution in [2.75, 3.05) is 32.4 Å². The van der Waals surface area contributed by atoms with Gasteiger partial charge in [-0.3, -0.25) is 9.59 Å². The quantitative estimate of drug-likeness (QED) is 0.739. The number of benzene rings is 1. The Morgan fingerprint density at radius 3 is 2.59 bits per heavy atom. The van der Waals surface area contributed by atoms with E-state index in [1.54, 1.807) is 30.0 Å². The average Bonchev–Trinajstić information content (AvgIpc) is 2.52. The van der Waals surface area contributed by atoms with E-state index < -0.39 is 11.9 Å². The van der Waals surface area contributed by atoms with Gasteiger partial charge in [0, 0.05) is 11.3 Å². The molecule has 1 N–H and O–H groups in total. The van der Waals surface area contributed by atoms with Crippen molar-refractivity contribution in [3.63, 3.8) is 0 Å². The Morgan fingerprint density at radius 2 is 2.00 bits per heavy atom. The molecule has 22 heavy (non-hydrogen) atoms. The summed E-state index contributed by atoms with van der Waals surface area (Å²) < 4.78 is 15.2. The molecule has 1 unspecified atom stereocenters. The van der Waals surface area contributed by atoms with Crippen molar-refractivity contribution in [1.29, 1.82) is 0 Å². The highest BCUT2D eigenvalue weighted by atomic mass is 32.2. The van der Waals surface area contributed by atoms with Gasteiger partial charge in [0.1, 0.15) is 11.5 Å². The van der Waals surface area contributed by atoms with Crippen LogP contribution in [0.2, 0.25) is 0 Å². The number of esters is 1. The van der Waals surface area contributed by atoms with Crippen molar-refractivity contribution in [2.24, 2.45) is 0 Å². The number of hydrogen-bond donors (Lipinski definition) is 1. The van der Waals surface area contributed by atoms with Crippen molar-refractivity contribution in [2.45, 2.75) is 18.6 Å². The smallest absolute Gasteiger partial charge is 0.307 e. The largest absolute Gasteiger partial charge is 0.497 e. The normalized spacial score (nSPS) is 11.5. The van der Waals surface area contributed by atoms with Crippen LogP contribution in [0, 0.1) is 0 Å². The van der Waals surface area contributed by atoms with E-state index in [9.17, 15) is 9.59 Å². The molecule has 6 nitrogen and oxygen atoms in total. The maximum absolute atomic E-state index is 11.9. The first-order valence-electron chi connectivity index (χ1n) is 6.70. The average molecular weight is 327 g/mol. The van der Waals surface area contributed by atoms with E-state index in [1.807, 2.05) is 13.2 Å². The first kappa shape index (κ1) is 18.2. The predicted octanol–water partition coefficient (Wildman–Crippen LogP) is 2.33. The van der Waals surface area contributed by atoms with E-state index in [-0.39, 0.29) is 18.3 Å². The van der Waals surface area contributed by atoms with Gasteiger partial charge in [-0.05, 0) is 18.4 Å². The van der Waals surface area contributed by atoms with Gasteiger partial charge in [0.05, 0.1) is 26.3 Å². The molecule has 1 rings (SSSR count). The zero-order valence-corrected chi connectivity index (χ0v) is 14.0. The Hall–Kier alpha value is -1.89. The molecule has 0 fully saturated rings. The molecule has 0 saturated heterocycles. The van der Waals surface area contributed by atoms with E-state index in [4.69, 9.17) is 14.2 Å². The van der Waals surface area contributed by atoms with Gasteiger partial charge in [-0.25, -0.2) is 0 Å². The Balaban J connectivity index is 2.56. The lowest BCUT2D eigenvalue weighted by Gasteiger charge is -2.12. The van der Waals surface area contributed by atoms with Crippen molar-refractivity contribution in [3.05, 3.63) is 18.2 Å². The molecule has 0 radical (unpaired) electrons. The monoisotopic (exact) mass is 327 g/mol. The summed E-state index contributed by atoms with van der Waals surface area (Å²) in [6, 6.07) is 5.03. The van der Waals surface area contributed by atoms with Crippen LogP contribution in [0.5, 0.6) is 11.5 Å². The van der Waals surface area contributed by atoms with Gasteiger partial charge >= 0.3 is 5.97 Å². The minimum absolute atomic E-state index is 0.161. The van der Waals surface area contributed by atoms with Gasteiger partial charge in [-0.15, -0.1) is 0 Å². The second-order valence-electron chi connectivity index (χ2n) is 4.53. The van der Waals surface area contributed by atoms with E-state index >= 15 is 0 Å². The Labute approximate surface area is 134 Å². The van der Waals surface area contributed by atoms with Crippen LogP contribution in [0.25, 0.3) is 0 Å². The van der Waals surface area contributed by atoms with Crippen LogP contribution in [0.1, 0.15) is 13.3 Å². The van der Waals surface area contributed by atoms with Crippen LogP contribution in [0.4, 0.5) is 5.69 Å². The van der Waals surface area contributed by atoms with Gasteiger partial charge in [-0.2, -0.15) is 11.8 Å². The summed E-state index contributed by atoms with van der Waals surface area (Å²) in [4.78, 5) is 23.4. The lowest BCUT2D eigenvalue weighted by atomic mass is 10.2. The number of nitrogens with one attached hydrogen (secondary N) is 1. The molecule has 0 spiro atoms. The summed E-state index contributed by atoms with van der Waals surface area (Å²) in [6.45, 7) is 1.59. The Morgan fingerprint density at radius 1 is 1.27 bits per heavy atom. The first-order valence-corrected chi connectivity index (χ1v) is 7.99. The van der Waals surface area contributed by atoms with Crippen LogP contribution >= 0.6 is 11.8 Å². The molecule has 1 amide bonds. The van der Waals surface area contributed by atoms with Crippen molar-refractivity contribution < 1.29 is 23.8 Å². The second-order valence-corrected chi connectivity index (χ2v) is 5.80. The minimum Gasteiger partial charge on any atom is -0.497 e. The third-order valence-electron chi connectivity index (χ3n) is 2.90. The molecule has 0 aromatic heterocycles. The summed E-state index contributed by atoms with van der Waals surface area (Å²) in [5, 5.41) is 2.79. The van der Waals surface area contributed by atoms with Crippen LogP contribution in [0.3, 0.4) is 0 Å². The molecule has 7 heteroatoms. The van der Waals surface area contributed by atoms with Crippen LogP contribution in [-0.2, 0) is 14.3 Å². The number of methoxy groups -OCH3 is 2. The molecule has 0 saturated carbocycles. The zero-order valence-electron chi connectivity index (χ0n) is 13.2. The van der Waals surface area contributed by atoms with Crippen LogP contribution in [-0.4, -0.2) is 44.2 Å². The fraction of sp³-hybridized carbons (Fsp3) is 0.467. The number of hydrogen-bond acceptors (Lipinski definition) is 6. The highest BCUT2D eigenvalue weighted by Gasteiger charge is 2.13. The fourth-order valence-corrected chi connectivity index (χ4v) is 1.92. The molecule has 0 heterocycles. The van der Waals surface area contributed by atoms with Gasteiger partial charge in [-0.1, -0.05) is 6.92 Å². The van der Waals surface area contributed by atoms with Crippen LogP contribution < -0.4 is 14.8 Å². The predicted molar refractivity (Wildman–Crippen MR) is 86.7 cm³/mol. The third kappa shape index (κ3) is 5.85. The SMILES string of the molecule is COc1ccc(OC)c(NC(=O)COC(=O)CC(C)SC)c1. The summed E-state index contributed by atoms with van der Waals surface area (Å²) in [7, 11) is 3.03. The summed E-state index contributed by atoms with van der Waals surface area (Å²) in [5.74, 6) is 0.254. The number of amides is 1. The molecule has 122 valence electrons. The number of thioether (sulfide) groups is 1. The molecule has 0 bridgehead atoms. The van der Waals surface area contributed by atoms with Gasteiger partial charge in [0.2, 0.25) is 0 Å². The highest BCUT2D eigenvalue weighted by molar-refractivity contribution is 7.99. The Bertz CT molecular complexity index is 521. The van der Waals surface area contributed by atoms with E-state index in [0.29, 0.717) is 17.2 Å². The lowest BCUT2D eigenvalue weighted by Crippen LogP contribution is -2.22.